The third-order valence-electron chi connectivity index (χ3n) is 2.33. The molecular weight excluding hydrogens is 194 g/mol. The molecule has 0 amide bonds. The molecule has 0 saturated heterocycles. The maximum absolute atomic E-state index is 10.6. The molecular formula is C11H13NO3. The number of rotatable bonds is 4. The average Bonchev–Trinajstić information content (AvgIpc) is 2.19. The summed E-state index contributed by atoms with van der Waals surface area (Å²) in [6.07, 6.45) is 2.27. The molecule has 0 fully saturated rings. The van der Waals surface area contributed by atoms with Crippen molar-refractivity contribution in [1.82, 2.24) is 4.98 Å². The van der Waals surface area contributed by atoms with Crippen LogP contribution in [0.1, 0.15) is 16.8 Å². The van der Waals surface area contributed by atoms with E-state index in [-0.39, 0.29) is 6.42 Å². The van der Waals surface area contributed by atoms with Crippen molar-refractivity contribution in [1.29, 1.82) is 0 Å². The van der Waals surface area contributed by atoms with Gasteiger partial charge in [0.15, 0.2) is 0 Å². The first-order valence-corrected chi connectivity index (χ1v) is 4.65. The van der Waals surface area contributed by atoms with E-state index in [4.69, 9.17) is 5.11 Å². The number of aldehydes is 1. The Labute approximate surface area is 88.0 Å². The number of nitrogens with zero attached hydrogens (tertiary/aromatic N) is 1. The van der Waals surface area contributed by atoms with Gasteiger partial charge >= 0.3 is 5.97 Å². The molecule has 4 heteroatoms. The van der Waals surface area contributed by atoms with Crippen LogP contribution in [0, 0.1) is 19.8 Å². The number of carboxylic acid groups (broad SMARTS) is 1. The standard InChI is InChI=1S/C11H13NO3/c1-7-3-9(5-12-8(7)2)4-10(6-13)11(14)15/h3,5-6,10H,4H2,1-2H3,(H,14,15). The molecule has 1 aromatic rings. The summed E-state index contributed by atoms with van der Waals surface area (Å²) >= 11 is 0. The first-order chi connectivity index (χ1) is 7.04. The highest BCUT2D eigenvalue weighted by Gasteiger charge is 2.17. The molecule has 0 spiro atoms. The van der Waals surface area contributed by atoms with E-state index in [0.717, 1.165) is 16.8 Å². The van der Waals surface area contributed by atoms with Gasteiger partial charge in [-0.3, -0.25) is 9.78 Å². The van der Waals surface area contributed by atoms with E-state index in [9.17, 15) is 9.59 Å². The summed E-state index contributed by atoms with van der Waals surface area (Å²) in [4.78, 5) is 25.3. The topological polar surface area (TPSA) is 67.3 Å². The molecule has 0 aliphatic heterocycles. The fourth-order valence-corrected chi connectivity index (χ4v) is 1.26. The number of aliphatic carboxylic acids is 1. The van der Waals surface area contributed by atoms with Crippen LogP contribution < -0.4 is 0 Å². The molecule has 1 unspecified atom stereocenters. The largest absolute Gasteiger partial charge is 0.481 e. The lowest BCUT2D eigenvalue weighted by molar-refractivity contribution is -0.143. The number of carbonyl (C=O) groups excluding carboxylic acids is 1. The number of hydrogen-bond donors (Lipinski definition) is 1. The molecule has 1 heterocycles. The van der Waals surface area contributed by atoms with Gasteiger partial charge in [0.2, 0.25) is 0 Å². The van der Waals surface area contributed by atoms with Gasteiger partial charge in [-0.2, -0.15) is 0 Å². The highest BCUT2D eigenvalue weighted by molar-refractivity contribution is 5.86. The van der Waals surface area contributed by atoms with Gasteiger partial charge in [-0.05, 0) is 31.4 Å². The quantitative estimate of drug-likeness (QED) is 0.594. The summed E-state index contributed by atoms with van der Waals surface area (Å²) < 4.78 is 0. The van der Waals surface area contributed by atoms with Crippen molar-refractivity contribution in [3.63, 3.8) is 0 Å². The Hall–Kier alpha value is -1.71. The lowest BCUT2D eigenvalue weighted by Gasteiger charge is -2.06. The van der Waals surface area contributed by atoms with E-state index in [0.29, 0.717) is 6.29 Å². The van der Waals surface area contributed by atoms with Crippen molar-refractivity contribution in [3.05, 3.63) is 29.1 Å². The highest BCUT2D eigenvalue weighted by Crippen LogP contribution is 2.10. The van der Waals surface area contributed by atoms with Gasteiger partial charge in [0.1, 0.15) is 12.2 Å². The Balaban J connectivity index is 2.84. The molecule has 1 rings (SSSR count). The molecule has 0 aliphatic rings. The van der Waals surface area contributed by atoms with Crippen LogP contribution in [-0.2, 0) is 16.0 Å². The lowest BCUT2D eigenvalue weighted by Crippen LogP contribution is -2.17. The smallest absolute Gasteiger partial charge is 0.314 e. The zero-order chi connectivity index (χ0) is 11.4. The van der Waals surface area contributed by atoms with Crippen molar-refractivity contribution in [2.45, 2.75) is 20.3 Å². The highest BCUT2D eigenvalue weighted by atomic mass is 16.4. The van der Waals surface area contributed by atoms with Crippen LogP contribution in [0.4, 0.5) is 0 Å². The van der Waals surface area contributed by atoms with E-state index in [1.165, 1.54) is 0 Å². The normalized spacial score (nSPS) is 12.1. The Kier molecular flexibility index (Phi) is 3.55. The van der Waals surface area contributed by atoms with Crippen molar-refractivity contribution in [2.24, 2.45) is 5.92 Å². The molecule has 4 nitrogen and oxygen atoms in total. The number of pyridine rings is 1. The van der Waals surface area contributed by atoms with E-state index in [1.807, 2.05) is 19.9 Å². The molecule has 1 N–H and O–H groups in total. The Morgan fingerprint density at radius 3 is 2.73 bits per heavy atom. The summed E-state index contributed by atoms with van der Waals surface area (Å²) in [7, 11) is 0. The summed E-state index contributed by atoms with van der Waals surface area (Å²) in [6.45, 7) is 3.79. The summed E-state index contributed by atoms with van der Waals surface area (Å²) in [5.41, 5.74) is 2.69. The van der Waals surface area contributed by atoms with Crippen molar-refractivity contribution >= 4 is 12.3 Å². The number of carbonyl (C=O) groups is 2. The Morgan fingerprint density at radius 1 is 1.60 bits per heavy atom. The fraction of sp³-hybridized carbons (Fsp3) is 0.364. The minimum atomic E-state index is -1.09. The number of carboxylic acids is 1. The van der Waals surface area contributed by atoms with E-state index in [2.05, 4.69) is 4.98 Å². The van der Waals surface area contributed by atoms with Crippen LogP contribution in [0.5, 0.6) is 0 Å². The Morgan fingerprint density at radius 2 is 2.27 bits per heavy atom. The second kappa shape index (κ2) is 4.68. The summed E-state index contributed by atoms with van der Waals surface area (Å²) in [5.74, 6) is -2.07. The molecule has 1 aromatic heterocycles. The van der Waals surface area contributed by atoms with E-state index >= 15 is 0 Å². The number of hydrogen-bond acceptors (Lipinski definition) is 3. The first kappa shape index (κ1) is 11.4. The van der Waals surface area contributed by atoms with Gasteiger partial charge in [-0.25, -0.2) is 0 Å². The first-order valence-electron chi connectivity index (χ1n) is 4.65. The lowest BCUT2D eigenvalue weighted by atomic mass is 10.0. The van der Waals surface area contributed by atoms with Gasteiger partial charge in [-0.15, -0.1) is 0 Å². The van der Waals surface area contributed by atoms with Crippen LogP contribution in [-0.4, -0.2) is 22.3 Å². The molecule has 1 atom stereocenters. The van der Waals surface area contributed by atoms with Crippen molar-refractivity contribution < 1.29 is 14.7 Å². The molecule has 80 valence electrons. The van der Waals surface area contributed by atoms with Crippen LogP contribution in [0.15, 0.2) is 12.3 Å². The fourth-order valence-electron chi connectivity index (χ4n) is 1.26. The van der Waals surface area contributed by atoms with E-state index < -0.39 is 11.9 Å². The van der Waals surface area contributed by atoms with Gasteiger partial charge in [0.25, 0.3) is 0 Å². The Bertz CT molecular complexity index is 387. The minimum absolute atomic E-state index is 0.201. The summed E-state index contributed by atoms with van der Waals surface area (Å²) in [6, 6.07) is 1.86. The predicted octanol–water partition coefficient (Wildman–Crippen LogP) is 1.14. The number of aromatic nitrogens is 1. The van der Waals surface area contributed by atoms with Crippen molar-refractivity contribution in [2.75, 3.05) is 0 Å². The maximum atomic E-state index is 10.6. The maximum Gasteiger partial charge on any atom is 0.314 e. The molecule has 0 aliphatic carbocycles. The van der Waals surface area contributed by atoms with E-state index in [1.54, 1.807) is 6.20 Å². The van der Waals surface area contributed by atoms with Crippen LogP contribution in [0.25, 0.3) is 0 Å². The monoisotopic (exact) mass is 207 g/mol. The second-order valence-electron chi connectivity index (χ2n) is 3.53. The molecule has 0 saturated carbocycles. The molecule has 0 radical (unpaired) electrons. The second-order valence-corrected chi connectivity index (χ2v) is 3.53. The van der Waals surface area contributed by atoms with Gasteiger partial charge in [0.05, 0.1) is 0 Å². The third-order valence-corrected chi connectivity index (χ3v) is 2.33. The molecule has 0 bridgehead atoms. The van der Waals surface area contributed by atoms with Crippen molar-refractivity contribution in [3.8, 4) is 0 Å². The zero-order valence-corrected chi connectivity index (χ0v) is 8.73. The van der Waals surface area contributed by atoms with Crippen LogP contribution in [0.3, 0.4) is 0 Å². The minimum Gasteiger partial charge on any atom is -0.481 e. The predicted molar refractivity (Wildman–Crippen MR) is 54.6 cm³/mol. The van der Waals surface area contributed by atoms with Gasteiger partial charge in [0, 0.05) is 11.9 Å². The van der Waals surface area contributed by atoms with Crippen LogP contribution in [0.2, 0.25) is 0 Å². The SMILES string of the molecule is Cc1cc(CC(C=O)C(=O)O)cnc1C. The van der Waals surface area contributed by atoms with Gasteiger partial charge < -0.3 is 9.90 Å². The molecule has 0 aromatic carbocycles. The number of aryl methyl sites for hydroxylation is 2. The molecule has 15 heavy (non-hydrogen) atoms. The third kappa shape index (κ3) is 2.87. The van der Waals surface area contributed by atoms with Crippen LogP contribution >= 0.6 is 0 Å². The summed E-state index contributed by atoms with van der Waals surface area (Å²) in [5, 5.41) is 8.71. The average molecular weight is 207 g/mol. The van der Waals surface area contributed by atoms with Gasteiger partial charge in [-0.1, -0.05) is 6.07 Å². The zero-order valence-electron chi connectivity index (χ0n) is 8.73.